The van der Waals surface area contributed by atoms with Gasteiger partial charge in [-0.2, -0.15) is 13.2 Å². The summed E-state index contributed by atoms with van der Waals surface area (Å²) < 4.78 is 45.3. The third kappa shape index (κ3) is 3.25. The van der Waals surface area contributed by atoms with Crippen LogP contribution in [0.15, 0.2) is 29.8 Å². The summed E-state index contributed by atoms with van der Waals surface area (Å²) in [6.45, 7) is 0. The summed E-state index contributed by atoms with van der Waals surface area (Å²) in [4.78, 5) is 8.13. The van der Waals surface area contributed by atoms with E-state index in [1.165, 1.54) is 29.2 Å². The lowest BCUT2D eigenvalue weighted by atomic mass is 10.2. The van der Waals surface area contributed by atoms with Crippen LogP contribution in [0, 0.1) is 0 Å². The number of methoxy groups -OCH3 is 1. The van der Waals surface area contributed by atoms with Gasteiger partial charge in [-0.25, -0.2) is 5.10 Å². The van der Waals surface area contributed by atoms with Gasteiger partial charge in [0, 0.05) is 11.4 Å². The lowest BCUT2D eigenvalue weighted by molar-refractivity contribution is -0.640. The molecule has 2 heterocycles. The Morgan fingerprint density at radius 1 is 1.33 bits per heavy atom. The SMILES string of the molecule is COc1cc(Nc2nc(N)[nH][n+]2-c2nccs2)cc(C(F)(F)F)c1. The van der Waals surface area contributed by atoms with Crippen LogP contribution in [0.2, 0.25) is 0 Å². The van der Waals surface area contributed by atoms with E-state index in [1.54, 1.807) is 11.6 Å². The molecule has 11 heteroatoms. The van der Waals surface area contributed by atoms with E-state index in [1.807, 2.05) is 0 Å². The summed E-state index contributed by atoms with van der Waals surface area (Å²) in [6, 6.07) is 3.30. The van der Waals surface area contributed by atoms with Crippen LogP contribution < -0.4 is 20.5 Å². The first-order valence-electron chi connectivity index (χ1n) is 6.57. The first-order valence-corrected chi connectivity index (χ1v) is 7.45. The van der Waals surface area contributed by atoms with Gasteiger partial charge in [-0.05, 0) is 12.1 Å². The van der Waals surface area contributed by atoms with Gasteiger partial charge in [0.25, 0.3) is 5.95 Å². The Balaban J connectivity index is 2.00. The molecule has 0 amide bonds. The van der Waals surface area contributed by atoms with Crippen molar-refractivity contribution in [3.63, 3.8) is 0 Å². The van der Waals surface area contributed by atoms with E-state index < -0.39 is 11.7 Å². The predicted molar refractivity (Wildman–Crippen MR) is 81.5 cm³/mol. The van der Waals surface area contributed by atoms with Crippen molar-refractivity contribution >= 4 is 28.9 Å². The zero-order valence-electron chi connectivity index (χ0n) is 12.3. The molecule has 24 heavy (non-hydrogen) atoms. The molecule has 0 bridgehead atoms. The largest absolute Gasteiger partial charge is 0.497 e. The van der Waals surface area contributed by atoms with Gasteiger partial charge in [0.15, 0.2) is 0 Å². The monoisotopic (exact) mass is 357 g/mol. The van der Waals surface area contributed by atoms with Gasteiger partial charge in [0.2, 0.25) is 0 Å². The molecule has 0 unspecified atom stereocenters. The Morgan fingerprint density at radius 2 is 2.12 bits per heavy atom. The van der Waals surface area contributed by atoms with Gasteiger partial charge in [-0.3, -0.25) is 5.32 Å². The van der Waals surface area contributed by atoms with E-state index in [2.05, 4.69) is 20.4 Å². The molecule has 0 fully saturated rings. The average Bonchev–Trinajstić information content (AvgIpc) is 3.15. The van der Waals surface area contributed by atoms with E-state index in [4.69, 9.17) is 10.5 Å². The predicted octanol–water partition coefficient (Wildman–Crippen LogP) is 2.50. The highest BCUT2D eigenvalue weighted by atomic mass is 32.1. The second kappa shape index (κ2) is 6.00. The number of hydrogen-bond donors (Lipinski definition) is 3. The number of nitrogens with two attached hydrogens (primary N) is 1. The minimum Gasteiger partial charge on any atom is -0.497 e. The zero-order valence-corrected chi connectivity index (χ0v) is 13.1. The third-order valence-corrected chi connectivity index (χ3v) is 3.76. The summed E-state index contributed by atoms with van der Waals surface area (Å²) >= 11 is 1.31. The minimum atomic E-state index is -4.50. The topological polar surface area (TPSA) is 92.7 Å². The van der Waals surface area contributed by atoms with Crippen LogP contribution in [0.25, 0.3) is 5.13 Å². The summed E-state index contributed by atoms with van der Waals surface area (Å²) in [5, 5.41) is 7.83. The lowest BCUT2D eigenvalue weighted by Gasteiger charge is -2.10. The maximum Gasteiger partial charge on any atom is 0.416 e. The Kier molecular flexibility index (Phi) is 4.01. The fourth-order valence-corrected chi connectivity index (χ4v) is 2.59. The summed E-state index contributed by atoms with van der Waals surface area (Å²) in [5.41, 5.74) is 4.95. The van der Waals surface area contributed by atoms with Crippen LogP contribution in [0.3, 0.4) is 0 Å². The van der Waals surface area contributed by atoms with E-state index in [9.17, 15) is 13.2 Å². The number of halogens is 3. The highest BCUT2D eigenvalue weighted by Gasteiger charge is 2.32. The molecule has 2 aromatic heterocycles. The quantitative estimate of drug-likeness (QED) is 0.624. The van der Waals surface area contributed by atoms with Gasteiger partial charge in [0.1, 0.15) is 5.75 Å². The van der Waals surface area contributed by atoms with Crippen molar-refractivity contribution in [1.29, 1.82) is 0 Å². The normalized spacial score (nSPS) is 11.5. The summed E-state index contributed by atoms with van der Waals surface area (Å²) in [6.07, 6.45) is -2.91. The second-order valence-electron chi connectivity index (χ2n) is 4.66. The Morgan fingerprint density at radius 3 is 2.75 bits per heavy atom. The smallest absolute Gasteiger partial charge is 0.416 e. The number of H-pyrrole nitrogens is 1. The Bertz CT molecular complexity index is 846. The first kappa shape index (κ1) is 16.1. The van der Waals surface area contributed by atoms with Crippen LogP contribution in [0.4, 0.5) is 30.8 Å². The van der Waals surface area contributed by atoms with Crippen LogP contribution in [-0.4, -0.2) is 22.2 Å². The van der Waals surface area contributed by atoms with E-state index in [-0.39, 0.29) is 23.3 Å². The van der Waals surface area contributed by atoms with Crippen molar-refractivity contribution in [2.45, 2.75) is 6.18 Å². The van der Waals surface area contributed by atoms with Crippen molar-refractivity contribution in [3.05, 3.63) is 35.3 Å². The average molecular weight is 357 g/mol. The van der Waals surface area contributed by atoms with E-state index in [0.717, 1.165) is 12.1 Å². The number of nitrogen functional groups attached to an aromatic ring is 1. The third-order valence-electron chi connectivity index (χ3n) is 3.00. The number of ether oxygens (including phenoxy) is 1. The van der Waals surface area contributed by atoms with Crippen LogP contribution in [0.5, 0.6) is 5.75 Å². The van der Waals surface area contributed by atoms with Crippen LogP contribution >= 0.6 is 11.3 Å². The van der Waals surface area contributed by atoms with Gasteiger partial charge in [0.05, 0.1) is 24.6 Å². The maximum absolute atomic E-state index is 13.0. The molecule has 0 aliphatic heterocycles. The molecule has 0 aliphatic carbocycles. The Labute approximate surface area is 137 Å². The molecule has 1 aromatic carbocycles. The number of hydrogen-bond acceptors (Lipinski definition) is 6. The molecule has 0 aliphatic rings. The number of thiazole rings is 1. The van der Waals surface area contributed by atoms with Crippen LogP contribution in [-0.2, 0) is 6.18 Å². The molecule has 0 spiro atoms. The molecule has 4 N–H and O–H groups in total. The van der Waals surface area contributed by atoms with Crippen molar-refractivity contribution in [2.75, 3.05) is 18.2 Å². The van der Waals surface area contributed by atoms with Gasteiger partial charge in [-0.15, -0.1) is 9.67 Å². The molecule has 7 nitrogen and oxygen atoms in total. The molecular formula is C13H12F3N6OS+. The fraction of sp³-hybridized carbons (Fsp3) is 0.154. The first-order chi connectivity index (χ1) is 11.4. The van der Waals surface area contributed by atoms with E-state index >= 15 is 0 Å². The van der Waals surface area contributed by atoms with E-state index in [0.29, 0.717) is 5.13 Å². The van der Waals surface area contributed by atoms with Crippen molar-refractivity contribution in [3.8, 4) is 10.9 Å². The number of benzene rings is 1. The Hall–Kier alpha value is -2.82. The van der Waals surface area contributed by atoms with Crippen molar-refractivity contribution < 1.29 is 22.6 Å². The summed E-state index contributed by atoms with van der Waals surface area (Å²) in [5.74, 6) is 0.354. The molecule has 0 radical (unpaired) electrons. The molecule has 126 valence electrons. The summed E-state index contributed by atoms with van der Waals surface area (Å²) in [7, 11) is 1.29. The molecule has 0 saturated heterocycles. The number of anilines is 3. The number of aromatic nitrogens is 4. The van der Waals surface area contributed by atoms with Gasteiger partial charge >= 0.3 is 17.3 Å². The maximum atomic E-state index is 13.0. The second-order valence-corrected chi connectivity index (χ2v) is 5.53. The number of rotatable bonds is 4. The minimum absolute atomic E-state index is 0.0663. The molecular weight excluding hydrogens is 345 g/mol. The number of nitrogens with one attached hydrogen (secondary N) is 2. The van der Waals surface area contributed by atoms with Crippen LogP contribution in [0.1, 0.15) is 5.56 Å². The van der Waals surface area contributed by atoms with Gasteiger partial charge in [-0.1, -0.05) is 16.3 Å². The zero-order chi connectivity index (χ0) is 17.3. The van der Waals surface area contributed by atoms with Crippen molar-refractivity contribution in [1.82, 2.24) is 15.1 Å². The molecule has 0 saturated carbocycles. The molecule has 3 aromatic rings. The highest BCUT2D eigenvalue weighted by Crippen LogP contribution is 2.34. The van der Waals surface area contributed by atoms with Crippen molar-refractivity contribution in [2.24, 2.45) is 0 Å². The highest BCUT2D eigenvalue weighted by molar-refractivity contribution is 7.11. The van der Waals surface area contributed by atoms with Gasteiger partial charge < -0.3 is 10.5 Å². The lowest BCUT2D eigenvalue weighted by Crippen LogP contribution is -2.35. The number of nitrogens with zero attached hydrogens (tertiary/aromatic N) is 3. The standard InChI is InChI=1S/C13H11F3N6OS/c1-23-9-5-7(13(14,15)16)4-8(6-9)19-11-20-10(17)21-22(11)12-18-2-3-24-12/h2-6H,1H3,(H3,17,19,20,21)/p+1. The number of alkyl halides is 3. The molecule has 3 rings (SSSR count). The fourth-order valence-electron chi connectivity index (χ4n) is 1.99. The number of aromatic amines is 1. The molecule has 0 atom stereocenters.